The van der Waals surface area contributed by atoms with Crippen molar-refractivity contribution < 1.29 is 0 Å². The van der Waals surface area contributed by atoms with Crippen LogP contribution in [0.4, 0.5) is 0 Å². The van der Waals surface area contributed by atoms with Gasteiger partial charge in [0.15, 0.2) is 0 Å². The van der Waals surface area contributed by atoms with Gasteiger partial charge in [0.2, 0.25) is 0 Å². The maximum absolute atomic E-state index is 12.4. The molecule has 0 aliphatic heterocycles. The number of rotatable bonds is 1. The summed E-state index contributed by atoms with van der Waals surface area (Å²) < 4.78 is 1.61. The number of hydrogen-bond donors (Lipinski definition) is 1. The molecule has 18 heavy (non-hydrogen) atoms. The summed E-state index contributed by atoms with van der Waals surface area (Å²) in [5.41, 5.74) is 2.93. The van der Waals surface area contributed by atoms with E-state index in [0.29, 0.717) is 5.02 Å². The second-order valence-corrected chi connectivity index (χ2v) is 5.19. The molecular weight excluding hydrogens is 248 g/mol. The van der Waals surface area contributed by atoms with Gasteiger partial charge >= 0.3 is 0 Å². The van der Waals surface area contributed by atoms with Crippen LogP contribution in [-0.2, 0) is 12.8 Å². The molecule has 2 aromatic rings. The van der Waals surface area contributed by atoms with Gasteiger partial charge in [-0.15, -0.1) is 0 Å². The molecule has 0 saturated carbocycles. The van der Waals surface area contributed by atoms with Crippen molar-refractivity contribution in [1.82, 2.24) is 9.78 Å². The van der Waals surface area contributed by atoms with E-state index in [4.69, 9.17) is 11.6 Å². The number of fused-ring (bicyclic) bond motifs is 1. The summed E-state index contributed by atoms with van der Waals surface area (Å²) in [7, 11) is 0. The summed E-state index contributed by atoms with van der Waals surface area (Å²) in [6.07, 6.45) is 5.33. The maximum atomic E-state index is 12.4. The Morgan fingerprint density at radius 2 is 2.00 bits per heavy atom. The van der Waals surface area contributed by atoms with Gasteiger partial charge < -0.3 is 0 Å². The van der Waals surface area contributed by atoms with Crippen molar-refractivity contribution in [2.75, 3.05) is 0 Å². The van der Waals surface area contributed by atoms with E-state index in [1.165, 1.54) is 6.42 Å². The Bertz CT molecular complexity index is 627. The predicted molar refractivity (Wildman–Crippen MR) is 72.7 cm³/mol. The monoisotopic (exact) mass is 262 g/mol. The zero-order valence-electron chi connectivity index (χ0n) is 10.1. The van der Waals surface area contributed by atoms with Crippen LogP contribution in [-0.4, -0.2) is 9.78 Å². The largest absolute Gasteiger partial charge is 0.295 e. The topological polar surface area (TPSA) is 37.8 Å². The average Bonchev–Trinajstić information content (AvgIpc) is 2.55. The van der Waals surface area contributed by atoms with Crippen LogP contribution >= 0.6 is 11.6 Å². The van der Waals surface area contributed by atoms with Gasteiger partial charge in [-0.05, 0) is 43.9 Å². The standard InChI is InChI=1S/C14H15ClN2O/c15-10-5-4-6-11(9-10)17-14(18)12-7-2-1-3-8-13(12)16-17/h4-6,9,16H,1-3,7-8H2. The minimum absolute atomic E-state index is 0.0779. The van der Waals surface area contributed by atoms with E-state index in [1.807, 2.05) is 18.2 Å². The summed E-state index contributed by atoms with van der Waals surface area (Å²) in [6, 6.07) is 7.36. The van der Waals surface area contributed by atoms with Crippen LogP contribution in [0.3, 0.4) is 0 Å². The van der Waals surface area contributed by atoms with Crippen molar-refractivity contribution >= 4 is 11.6 Å². The van der Waals surface area contributed by atoms with Crippen LogP contribution < -0.4 is 5.56 Å². The molecule has 0 fully saturated rings. The molecule has 1 aromatic carbocycles. The first-order chi connectivity index (χ1) is 8.75. The van der Waals surface area contributed by atoms with E-state index in [9.17, 15) is 4.79 Å². The van der Waals surface area contributed by atoms with E-state index >= 15 is 0 Å². The molecule has 1 aromatic heterocycles. The number of benzene rings is 1. The lowest BCUT2D eigenvalue weighted by atomic mass is 10.1. The number of hydrogen-bond acceptors (Lipinski definition) is 1. The molecule has 1 aliphatic rings. The molecule has 3 rings (SSSR count). The van der Waals surface area contributed by atoms with Gasteiger partial charge in [0.1, 0.15) is 0 Å². The highest BCUT2D eigenvalue weighted by molar-refractivity contribution is 6.30. The number of aromatic amines is 1. The first kappa shape index (κ1) is 11.6. The summed E-state index contributed by atoms with van der Waals surface area (Å²) in [4.78, 5) is 12.4. The van der Waals surface area contributed by atoms with Crippen LogP contribution in [0.5, 0.6) is 0 Å². The highest BCUT2D eigenvalue weighted by atomic mass is 35.5. The molecule has 4 heteroatoms. The van der Waals surface area contributed by atoms with Gasteiger partial charge in [0.25, 0.3) is 5.56 Å². The first-order valence-corrected chi connectivity index (χ1v) is 6.72. The quantitative estimate of drug-likeness (QED) is 0.788. The lowest BCUT2D eigenvalue weighted by Crippen LogP contribution is -2.17. The van der Waals surface area contributed by atoms with Crippen molar-refractivity contribution in [2.24, 2.45) is 0 Å². The van der Waals surface area contributed by atoms with Gasteiger partial charge in [-0.1, -0.05) is 24.1 Å². The lowest BCUT2D eigenvalue weighted by Gasteiger charge is -2.02. The minimum Gasteiger partial charge on any atom is -0.295 e. The SMILES string of the molecule is O=c1c2c([nH]n1-c1cccc(Cl)c1)CCCCC2. The molecule has 0 amide bonds. The molecular formula is C14H15ClN2O. The van der Waals surface area contributed by atoms with Gasteiger partial charge in [-0.25, -0.2) is 4.68 Å². The zero-order chi connectivity index (χ0) is 12.5. The van der Waals surface area contributed by atoms with E-state index < -0.39 is 0 Å². The number of H-pyrrole nitrogens is 1. The minimum atomic E-state index is 0.0779. The van der Waals surface area contributed by atoms with Crippen molar-refractivity contribution in [3.05, 3.63) is 50.9 Å². The van der Waals surface area contributed by atoms with Gasteiger partial charge in [-0.3, -0.25) is 9.89 Å². The smallest absolute Gasteiger partial charge is 0.274 e. The van der Waals surface area contributed by atoms with Crippen molar-refractivity contribution in [1.29, 1.82) is 0 Å². The fourth-order valence-corrected chi connectivity index (χ4v) is 2.74. The Balaban J connectivity index is 2.11. The number of aromatic nitrogens is 2. The van der Waals surface area contributed by atoms with Crippen LogP contribution in [0.25, 0.3) is 5.69 Å². The summed E-state index contributed by atoms with van der Waals surface area (Å²) in [5, 5.41) is 3.87. The Hall–Kier alpha value is -1.48. The third-order valence-electron chi connectivity index (χ3n) is 3.49. The van der Waals surface area contributed by atoms with Gasteiger partial charge in [-0.2, -0.15) is 0 Å². The third-order valence-corrected chi connectivity index (χ3v) is 3.73. The molecule has 0 saturated heterocycles. The molecule has 1 heterocycles. The highest BCUT2D eigenvalue weighted by Gasteiger charge is 2.17. The fraction of sp³-hybridized carbons (Fsp3) is 0.357. The van der Waals surface area contributed by atoms with E-state index in [0.717, 1.165) is 42.6 Å². The number of nitrogens with zero attached hydrogens (tertiary/aromatic N) is 1. The van der Waals surface area contributed by atoms with Crippen molar-refractivity contribution in [3.63, 3.8) is 0 Å². The number of aryl methyl sites for hydroxylation is 1. The number of halogens is 1. The fourth-order valence-electron chi connectivity index (χ4n) is 2.56. The molecule has 94 valence electrons. The molecule has 3 nitrogen and oxygen atoms in total. The second kappa shape index (κ2) is 4.65. The van der Waals surface area contributed by atoms with Crippen molar-refractivity contribution in [2.45, 2.75) is 32.1 Å². The summed E-state index contributed by atoms with van der Waals surface area (Å²) >= 11 is 5.97. The Kier molecular flexibility index (Phi) is 3.00. The lowest BCUT2D eigenvalue weighted by molar-refractivity contribution is 0.690. The number of nitrogens with one attached hydrogen (secondary N) is 1. The Morgan fingerprint density at radius 1 is 1.17 bits per heavy atom. The normalized spacial score (nSPS) is 15.2. The molecule has 0 unspecified atom stereocenters. The van der Waals surface area contributed by atoms with E-state index in [-0.39, 0.29) is 5.56 Å². The summed E-state index contributed by atoms with van der Waals surface area (Å²) in [5.74, 6) is 0. The van der Waals surface area contributed by atoms with Crippen LogP contribution in [0.2, 0.25) is 5.02 Å². The summed E-state index contributed by atoms with van der Waals surface area (Å²) in [6.45, 7) is 0. The first-order valence-electron chi connectivity index (χ1n) is 6.34. The molecule has 0 radical (unpaired) electrons. The molecule has 0 spiro atoms. The van der Waals surface area contributed by atoms with Gasteiger partial charge in [0, 0.05) is 16.3 Å². The van der Waals surface area contributed by atoms with Crippen LogP contribution in [0, 0.1) is 0 Å². The predicted octanol–water partition coefficient (Wildman–Crippen LogP) is 3.09. The van der Waals surface area contributed by atoms with Crippen LogP contribution in [0.1, 0.15) is 30.5 Å². The molecule has 0 bridgehead atoms. The molecule has 1 aliphatic carbocycles. The average molecular weight is 263 g/mol. The van der Waals surface area contributed by atoms with Crippen molar-refractivity contribution in [3.8, 4) is 5.69 Å². The zero-order valence-corrected chi connectivity index (χ0v) is 10.8. The second-order valence-electron chi connectivity index (χ2n) is 4.75. The Labute approximate surface area is 110 Å². The molecule has 1 N–H and O–H groups in total. The van der Waals surface area contributed by atoms with Crippen LogP contribution in [0.15, 0.2) is 29.1 Å². The Morgan fingerprint density at radius 3 is 2.83 bits per heavy atom. The van der Waals surface area contributed by atoms with E-state index in [2.05, 4.69) is 5.10 Å². The molecule has 0 atom stereocenters. The maximum Gasteiger partial charge on any atom is 0.274 e. The highest BCUT2D eigenvalue weighted by Crippen LogP contribution is 2.18. The van der Waals surface area contributed by atoms with Gasteiger partial charge in [0.05, 0.1) is 5.69 Å². The third kappa shape index (κ3) is 1.99. The van der Waals surface area contributed by atoms with E-state index in [1.54, 1.807) is 10.7 Å².